The van der Waals surface area contributed by atoms with Gasteiger partial charge in [-0.3, -0.25) is 4.79 Å². The highest BCUT2D eigenvalue weighted by atomic mass is 32.1. The van der Waals surface area contributed by atoms with Crippen LogP contribution in [-0.2, 0) is 15.1 Å². The number of amides is 1. The van der Waals surface area contributed by atoms with E-state index < -0.39 is 5.60 Å². The summed E-state index contributed by atoms with van der Waals surface area (Å²) in [6, 6.07) is 19.4. The molecule has 1 fully saturated rings. The van der Waals surface area contributed by atoms with Crippen molar-refractivity contribution in [3.63, 3.8) is 0 Å². The van der Waals surface area contributed by atoms with E-state index in [1.165, 1.54) is 0 Å². The van der Waals surface area contributed by atoms with Crippen molar-refractivity contribution in [2.24, 2.45) is 0 Å². The van der Waals surface area contributed by atoms with Crippen LogP contribution in [0.1, 0.15) is 11.1 Å². The van der Waals surface area contributed by atoms with E-state index in [1.807, 2.05) is 60.7 Å². The molecular weight excluding hydrogens is 270 g/mol. The first kappa shape index (κ1) is 13.0. The Hall–Kier alpha value is -2.04. The Morgan fingerprint density at radius 3 is 1.90 bits per heavy atom. The lowest BCUT2D eigenvalue weighted by Gasteiger charge is -2.38. The molecule has 1 saturated heterocycles. The van der Waals surface area contributed by atoms with Gasteiger partial charge in [0.25, 0.3) is 5.91 Å². The van der Waals surface area contributed by atoms with Gasteiger partial charge in [-0.25, -0.2) is 0 Å². The largest absolute Gasteiger partial charge is 0.349 e. The van der Waals surface area contributed by atoms with Gasteiger partial charge in [0.15, 0.2) is 5.60 Å². The molecule has 1 heterocycles. The van der Waals surface area contributed by atoms with Crippen LogP contribution in [0.2, 0.25) is 0 Å². The minimum atomic E-state index is -0.897. The summed E-state index contributed by atoms with van der Waals surface area (Å²) in [5, 5.41) is 2.73. The molecular formula is C16H13NO2S. The Morgan fingerprint density at radius 2 is 1.45 bits per heavy atom. The van der Waals surface area contributed by atoms with Crippen LogP contribution < -0.4 is 5.32 Å². The number of carbonyl (C=O) groups excluding carboxylic acids is 1. The topological polar surface area (TPSA) is 38.3 Å². The van der Waals surface area contributed by atoms with Gasteiger partial charge in [-0.1, -0.05) is 72.9 Å². The van der Waals surface area contributed by atoms with Crippen LogP contribution in [0.25, 0.3) is 0 Å². The number of carbonyl (C=O) groups is 1. The predicted molar refractivity (Wildman–Crippen MR) is 80.4 cm³/mol. The van der Waals surface area contributed by atoms with Crippen molar-refractivity contribution in [1.29, 1.82) is 0 Å². The van der Waals surface area contributed by atoms with Crippen molar-refractivity contribution in [3.8, 4) is 0 Å². The fourth-order valence-electron chi connectivity index (χ4n) is 2.43. The maximum Gasteiger partial charge on any atom is 0.250 e. The van der Waals surface area contributed by atoms with Gasteiger partial charge < -0.3 is 10.1 Å². The number of ether oxygens (including phenoxy) is 1. The molecule has 2 aromatic carbocycles. The highest BCUT2D eigenvalue weighted by Gasteiger charge is 2.44. The number of rotatable bonds is 2. The molecule has 0 saturated carbocycles. The Kier molecular flexibility index (Phi) is 3.34. The van der Waals surface area contributed by atoms with Gasteiger partial charge in [-0.2, -0.15) is 0 Å². The van der Waals surface area contributed by atoms with Gasteiger partial charge in [-0.05, 0) is 11.1 Å². The first-order valence-corrected chi connectivity index (χ1v) is 6.73. The number of benzene rings is 2. The van der Waals surface area contributed by atoms with Crippen LogP contribution in [0, 0.1) is 0 Å². The minimum Gasteiger partial charge on any atom is -0.349 e. The van der Waals surface area contributed by atoms with Gasteiger partial charge in [0.2, 0.25) is 0 Å². The van der Waals surface area contributed by atoms with E-state index in [0.717, 1.165) is 11.1 Å². The molecule has 1 aliphatic heterocycles. The van der Waals surface area contributed by atoms with E-state index in [4.69, 9.17) is 17.0 Å². The van der Waals surface area contributed by atoms with E-state index in [2.05, 4.69) is 5.32 Å². The first-order valence-electron chi connectivity index (χ1n) is 6.33. The highest BCUT2D eigenvalue weighted by Crippen LogP contribution is 2.36. The molecule has 3 rings (SSSR count). The molecule has 1 N–H and O–H groups in total. The molecule has 2 aromatic rings. The summed E-state index contributed by atoms with van der Waals surface area (Å²) in [5.41, 5.74) is 0.929. The van der Waals surface area contributed by atoms with Crippen LogP contribution in [0.3, 0.4) is 0 Å². The van der Waals surface area contributed by atoms with Gasteiger partial charge in [0.05, 0.1) is 0 Å². The van der Waals surface area contributed by atoms with Crippen molar-refractivity contribution in [2.45, 2.75) is 5.60 Å². The molecule has 0 aliphatic carbocycles. The van der Waals surface area contributed by atoms with Crippen LogP contribution in [0.5, 0.6) is 0 Å². The zero-order chi connectivity index (χ0) is 14.0. The summed E-state index contributed by atoms with van der Waals surface area (Å²) in [7, 11) is 0. The minimum absolute atomic E-state index is 0.00999. The maximum absolute atomic E-state index is 11.5. The van der Waals surface area contributed by atoms with E-state index in [1.54, 1.807) is 0 Å². The molecule has 100 valence electrons. The number of thiocarbonyl (C=S) groups is 1. The van der Waals surface area contributed by atoms with E-state index in [0.29, 0.717) is 4.99 Å². The number of hydrogen-bond acceptors (Lipinski definition) is 3. The SMILES string of the molecule is O=C1COC(c2ccccc2)(c2ccccc2)C(=S)N1. The van der Waals surface area contributed by atoms with E-state index >= 15 is 0 Å². The average Bonchev–Trinajstić information content (AvgIpc) is 2.50. The third-order valence-electron chi connectivity index (χ3n) is 3.35. The van der Waals surface area contributed by atoms with Crippen molar-refractivity contribution < 1.29 is 9.53 Å². The second kappa shape index (κ2) is 5.15. The third-order valence-corrected chi connectivity index (χ3v) is 3.74. The molecule has 0 radical (unpaired) electrons. The maximum atomic E-state index is 11.5. The Balaban J connectivity index is 2.18. The summed E-state index contributed by atoms with van der Waals surface area (Å²) in [6.07, 6.45) is 0. The van der Waals surface area contributed by atoms with E-state index in [9.17, 15) is 4.79 Å². The summed E-state index contributed by atoms with van der Waals surface area (Å²) in [6.45, 7) is -0.00999. The van der Waals surface area contributed by atoms with Crippen LogP contribution in [-0.4, -0.2) is 17.5 Å². The van der Waals surface area contributed by atoms with Crippen LogP contribution >= 0.6 is 12.2 Å². The molecule has 0 unspecified atom stereocenters. The number of hydrogen-bond donors (Lipinski definition) is 1. The third kappa shape index (κ3) is 2.03. The van der Waals surface area contributed by atoms with Crippen molar-refractivity contribution >= 4 is 23.1 Å². The standard InChI is InChI=1S/C16H13NO2S/c18-14-11-19-16(15(20)17-14,12-7-3-1-4-8-12)13-9-5-2-6-10-13/h1-10H,11H2,(H,17,18,20). The molecule has 3 nitrogen and oxygen atoms in total. The highest BCUT2D eigenvalue weighted by molar-refractivity contribution is 7.80. The molecule has 1 amide bonds. The Labute approximate surface area is 122 Å². The van der Waals surface area contributed by atoms with E-state index in [-0.39, 0.29) is 12.5 Å². The molecule has 0 atom stereocenters. The normalized spacial score (nSPS) is 17.6. The molecule has 4 heteroatoms. The number of morpholine rings is 1. The molecule has 0 bridgehead atoms. The second-order valence-electron chi connectivity index (χ2n) is 4.58. The fraction of sp³-hybridized carbons (Fsp3) is 0.125. The van der Waals surface area contributed by atoms with Crippen molar-refractivity contribution in [2.75, 3.05) is 6.61 Å². The van der Waals surface area contributed by atoms with Crippen LogP contribution in [0.15, 0.2) is 60.7 Å². The van der Waals surface area contributed by atoms with Gasteiger partial charge >= 0.3 is 0 Å². The molecule has 0 spiro atoms. The summed E-state index contributed by atoms with van der Waals surface area (Å²) < 4.78 is 5.91. The average molecular weight is 283 g/mol. The lowest BCUT2D eigenvalue weighted by Crippen LogP contribution is -2.54. The summed E-state index contributed by atoms with van der Waals surface area (Å²) in [4.78, 5) is 11.9. The molecule has 1 aliphatic rings. The second-order valence-corrected chi connectivity index (χ2v) is 4.99. The molecule has 20 heavy (non-hydrogen) atoms. The predicted octanol–water partition coefficient (Wildman–Crippen LogP) is 2.40. The van der Waals surface area contributed by atoms with Crippen molar-refractivity contribution in [3.05, 3.63) is 71.8 Å². The van der Waals surface area contributed by atoms with Gasteiger partial charge in [0, 0.05) is 0 Å². The van der Waals surface area contributed by atoms with Crippen molar-refractivity contribution in [1.82, 2.24) is 5.32 Å². The van der Waals surface area contributed by atoms with Crippen LogP contribution in [0.4, 0.5) is 0 Å². The zero-order valence-corrected chi connectivity index (χ0v) is 11.5. The lowest BCUT2D eigenvalue weighted by atomic mass is 9.85. The first-order chi connectivity index (χ1) is 9.73. The summed E-state index contributed by atoms with van der Waals surface area (Å²) >= 11 is 5.42. The molecule has 0 aromatic heterocycles. The smallest absolute Gasteiger partial charge is 0.250 e. The van der Waals surface area contributed by atoms with Gasteiger partial charge in [0.1, 0.15) is 11.6 Å². The Bertz CT molecular complexity index is 601. The number of nitrogens with one attached hydrogen (secondary N) is 1. The zero-order valence-electron chi connectivity index (χ0n) is 10.7. The Morgan fingerprint density at radius 1 is 0.950 bits per heavy atom. The van der Waals surface area contributed by atoms with Gasteiger partial charge in [-0.15, -0.1) is 0 Å². The quantitative estimate of drug-likeness (QED) is 0.860. The fourth-order valence-corrected chi connectivity index (χ4v) is 2.84. The summed E-state index contributed by atoms with van der Waals surface area (Å²) in [5.74, 6) is -0.211. The monoisotopic (exact) mass is 283 g/mol. The lowest BCUT2D eigenvalue weighted by molar-refractivity contribution is -0.130.